The number of carbonyl (C=O) groups is 1. The molecule has 74 valence electrons. The molecule has 0 bridgehead atoms. The predicted molar refractivity (Wildman–Crippen MR) is 52.0 cm³/mol. The predicted octanol–water partition coefficient (Wildman–Crippen LogP) is 1.43. The highest BCUT2D eigenvalue weighted by molar-refractivity contribution is 8.00. The van der Waals surface area contributed by atoms with Crippen LogP contribution >= 0.6 is 11.8 Å². The first-order valence-corrected chi connectivity index (χ1v) is 5.31. The maximum atomic E-state index is 10.7. The molecule has 1 saturated carbocycles. The third-order valence-electron chi connectivity index (χ3n) is 2.36. The summed E-state index contributed by atoms with van der Waals surface area (Å²) in [4.78, 5) is 18.6. The Bertz CT molecular complexity index is 331. The van der Waals surface area contributed by atoms with E-state index in [-0.39, 0.29) is 11.2 Å². The molecule has 5 heteroatoms. The highest BCUT2D eigenvalue weighted by atomic mass is 32.2. The van der Waals surface area contributed by atoms with Crippen molar-refractivity contribution in [1.29, 1.82) is 0 Å². The summed E-state index contributed by atoms with van der Waals surface area (Å²) in [5, 5.41) is 9.88. The molecule has 1 aliphatic carbocycles. The molecule has 0 saturated heterocycles. The molecular formula is C9H10N2O2S. The van der Waals surface area contributed by atoms with Gasteiger partial charge in [-0.2, -0.15) is 0 Å². The summed E-state index contributed by atoms with van der Waals surface area (Å²) >= 11 is 1.53. The van der Waals surface area contributed by atoms with Crippen LogP contribution in [0.4, 0.5) is 0 Å². The molecule has 1 N–H and O–H groups in total. The molecule has 2 atom stereocenters. The molecule has 0 spiro atoms. The maximum Gasteiger partial charge on any atom is 0.307 e. The monoisotopic (exact) mass is 210 g/mol. The molecule has 1 fully saturated rings. The Kier molecular flexibility index (Phi) is 2.67. The van der Waals surface area contributed by atoms with Gasteiger partial charge in [-0.25, -0.2) is 9.97 Å². The van der Waals surface area contributed by atoms with Crippen LogP contribution in [0.15, 0.2) is 23.6 Å². The van der Waals surface area contributed by atoms with E-state index in [1.54, 1.807) is 6.20 Å². The van der Waals surface area contributed by atoms with Gasteiger partial charge in [-0.05, 0) is 18.9 Å². The van der Waals surface area contributed by atoms with Gasteiger partial charge in [-0.1, -0.05) is 0 Å². The van der Waals surface area contributed by atoms with Gasteiger partial charge in [0.25, 0.3) is 0 Å². The summed E-state index contributed by atoms with van der Waals surface area (Å²) in [6.07, 6.45) is 4.91. The van der Waals surface area contributed by atoms with Gasteiger partial charge in [0.15, 0.2) is 0 Å². The zero-order valence-electron chi connectivity index (χ0n) is 7.46. The van der Waals surface area contributed by atoms with E-state index in [2.05, 4.69) is 9.97 Å². The van der Waals surface area contributed by atoms with E-state index in [1.807, 2.05) is 6.07 Å². The minimum atomic E-state index is -0.692. The van der Waals surface area contributed by atoms with Gasteiger partial charge < -0.3 is 5.11 Å². The molecule has 0 aromatic carbocycles. The number of carboxylic acid groups (broad SMARTS) is 1. The fraction of sp³-hybridized carbons (Fsp3) is 0.444. The third kappa shape index (κ3) is 1.87. The lowest BCUT2D eigenvalue weighted by atomic mass is 9.85. The average Bonchev–Trinajstić information content (AvgIpc) is 2.13. The van der Waals surface area contributed by atoms with Gasteiger partial charge in [0.2, 0.25) is 0 Å². The maximum absolute atomic E-state index is 10.7. The van der Waals surface area contributed by atoms with Crippen LogP contribution in [-0.4, -0.2) is 26.3 Å². The van der Waals surface area contributed by atoms with Crippen LogP contribution in [0.25, 0.3) is 0 Å². The molecule has 1 aliphatic rings. The molecular weight excluding hydrogens is 200 g/mol. The van der Waals surface area contributed by atoms with E-state index in [1.165, 1.54) is 18.1 Å². The highest BCUT2D eigenvalue weighted by Crippen LogP contribution is 2.40. The number of hydrogen-bond donors (Lipinski definition) is 1. The van der Waals surface area contributed by atoms with Crippen LogP contribution in [0.5, 0.6) is 0 Å². The topological polar surface area (TPSA) is 63.1 Å². The second-order valence-corrected chi connectivity index (χ2v) is 4.49. The second kappa shape index (κ2) is 3.96. The summed E-state index contributed by atoms with van der Waals surface area (Å²) in [5.41, 5.74) is 0. The number of rotatable bonds is 3. The van der Waals surface area contributed by atoms with Crippen LogP contribution in [0.1, 0.15) is 12.8 Å². The van der Waals surface area contributed by atoms with Crippen LogP contribution in [-0.2, 0) is 4.79 Å². The fourth-order valence-corrected chi connectivity index (χ4v) is 2.62. The lowest BCUT2D eigenvalue weighted by molar-refractivity contribution is -0.144. The molecule has 1 aromatic rings. The number of aliphatic carboxylic acids is 1. The van der Waals surface area contributed by atoms with E-state index in [9.17, 15) is 4.79 Å². The zero-order valence-corrected chi connectivity index (χ0v) is 8.28. The Morgan fingerprint density at radius 1 is 1.57 bits per heavy atom. The fourth-order valence-electron chi connectivity index (χ4n) is 1.40. The number of thioether (sulfide) groups is 1. The van der Waals surface area contributed by atoms with Crippen molar-refractivity contribution in [3.63, 3.8) is 0 Å². The Morgan fingerprint density at radius 3 is 2.93 bits per heavy atom. The number of carboxylic acids is 1. The third-order valence-corrected chi connectivity index (χ3v) is 3.71. The van der Waals surface area contributed by atoms with Crippen molar-refractivity contribution in [2.24, 2.45) is 5.92 Å². The number of nitrogens with zero attached hydrogens (tertiary/aromatic N) is 2. The quantitative estimate of drug-likeness (QED) is 0.765. The SMILES string of the molecule is O=C(O)C1CCC1Sc1ccncn1. The molecule has 0 amide bonds. The summed E-state index contributed by atoms with van der Waals surface area (Å²) in [6.45, 7) is 0. The van der Waals surface area contributed by atoms with Gasteiger partial charge >= 0.3 is 5.97 Å². The molecule has 14 heavy (non-hydrogen) atoms. The lowest BCUT2D eigenvalue weighted by Gasteiger charge is -2.32. The molecule has 1 heterocycles. The average molecular weight is 210 g/mol. The molecule has 4 nitrogen and oxygen atoms in total. The Morgan fingerprint density at radius 2 is 2.43 bits per heavy atom. The van der Waals surface area contributed by atoms with Crippen LogP contribution < -0.4 is 0 Å². The van der Waals surface area contributed by atoms with E-state index in [4.69, 9.17) is 5.11 Å². The molecule has 0 radical (unpaired) electrons. The lowest BCUT2D eigenvalue weighted by Crippen LogP contribution is -2.35. The summed E-state index contributed by atoms with van der Waals surface area (Å²) in [7, 11) is 0. The smallest absolute Gasteiger partial charge is 0.307 e. The minimum Gasteiger partial charge on any atom is -0.481 e. The number of aromatic nitrogens is 2. The van der Waals surface area contributed by atoms with Gasteiger partial charge in [0, 0.05) is 11.4 Å². The van der Waals surface area contributed by atoms with Crippen molar-refractivity contribution >= 4 is 17.7 Å². The van der Waals surface area contributed by atoms with Crippen molar-refractivity contribution in [3.05, 3.63) is 18.6 Å². The van der Waals surface area contributed by atoms with E-state index >= 15 is 0 Å². The zero-order chi connectivity index (χ0) is 9.97. The van der Waals surface area contributed by atoms with Gasteiger partial charge in [0.1, 0.15) is 6.33 Å². The summed E-state index contributed by atoms with van der Waals surface area (Å²) in [5.74, 6) is -0.891. The number of hydrogen-bond acceptors (Lipinski definition) is 4. The van der Waals surface area contributed by atoms with E-state index in [0.29, 0.717) is 0 Å². The Hall–Kier alpha value is -1.10. The Labute approximate surface area is 85.8 Å². The molecule has 1 aromatic heterocycles. The van der Waals surface area contributed by atoms with Gasteiger partial charge in [-0.3, -0.25) is 4.79 Å². The van der Waals surface area contributed by atoms with E-state index in [0.717, 1.165) is 17.9 Å². The summed E-state index contributed by atoms with van der Waals surface area (Å²) < 4.78 is 0. The molecule has 2 unspecified atom stereocenters. The first-order chi connectivity index (χ1) is 6.77. The van der Waals surface area contributed by atoms with Crippen LogP contribution in [0, 0.1) is 5.92 Å². The standard InChI is InChI=1S/C9H10N2O2S/c12-9(13)6-1-2-7(6)14-8-3-4-10-5-11-8/h3-7H,1-2H2,(H,12,13). The van der Waals surface area contributed by atoms with Crippen molar-refractivity contribution in [1.82, 2.24) is 9.97 Å². The van der Waals surface area contributed by atoms with Crippen LogP contribution in [0.2, 0.25) is 0 Å². The van der Waals surface area contributed by atoms with Gasteiger partial charge in [0.05, 0.1) is 10.9 Å². The first kappa shape index (κ1) is 9.45. The van der Waals surface area contributed by atoms with Crippen molar-refractivity contribution in [2.45, 2.75) is 23.1 Å². The second-order valence-electron chi connectivity index (χ2n) is 3.23. The highest BCUT2D eigenvalue weighted by Gasteiger charge is 2.37. The summed E-state index contributed by atoms with van der Waals surface area (Å²) in [6, 6.07) is 1.81. The van der Waals surface area contributed by atoms with Crippen LogP contribution in [0.3, 0.4) is 0 Å². The van der Waals surface area contributed by atoms with Crippen molar-refractivity contribution in [3.8, 4) is 0 Å². The Balaban J connectivity index is 1.96. The van der Waals surface area contributed by atoms with Gasteiger partial charge in [-0.15, -0.1) is 11.8 Å². The normalized spacial score (nSPS) is 25.4. The van der Waals surface area contributed by atoms with Crippen molar-refractivity contribution < 1.29 is 9.90 Å². The van der Waals surface area contributed by atoms with Crippen molar-refractivity contribution in [2.75, 3.05) is 0 Å². The minimum absolute atomic E-state index is 0.183. The van der Waals surface area contributed by atoms with E-state index < -0.39 is 5.97 Å². The molecule has 0 aliphatic heterocycles. The largest absolute Gasteiger partial charge is 0.481 e. The molecule has 2 rings (SSSR count). The first-order valence-electron chi connectivity index (χ1n) is 4.43.